The van der Waals surface area contributed by atoms with Gasteiger partial charge in [0.05, 0.1) is 0 Å². The number of likely N-dealkylation sites (tertiary alicyclic amines) is 1. The SMILES string of the molecule is Cc1ncc(C(=O)N(C)CC2CCCN(CCc3ccc(Cl)cc3)C2)c(=O)[nH]1. The number of carbonyl (C=O) groups is 1. The normalized spacial score (nSPS) is 17.5. The number of piperidine rings is 1. The molecule has 3 rings (SSSR count). The minimum absolute atomic E-state index is 0.100. The first-order valence-electron chi connectivity index (χ1n) is 9.70. The predicted octanol–water partition coefficient (Wildman–Crippen LogP) is 2.76. The maximum Gasteiger partial charge on any atom is 0.263 e. The van der Waals surface area contributed by atoms with Crippen LogP contribution < -0.4 is 5.56 Å². The van der Waals surface area contributed by atoms with Gasteiger partial charge in [0.15, 0.2) is 0 Å². The zero-order chi connectivity index (χ0) is 20.1. The second-order valence-electron chi connectivity index (χ2n) is 7.58. The molecule has 1 amide bonds. The molecule has 1 fully saturated rings. The molecule has 150 valence electrons. The van der Waals surface area contributed by atoms with E-state index in [9.17, 15) is 9.59 Å². The van der Waals surface area contributed by atoms with Crippen molar-refractivity contribution in [3.63, 3.8) is 0 Å². The number of aromatic amines is 1. The average Bonchev–Trinajstić information content (AvgIpc) is 2.67. The Bertz CT molecular complexity index is 865. The minimum Gasteiger partial charge on any atom is -0.341 e. The third kappa shape index (κ3) is 5.42. The first-order chi connectivity index (χ1) is 13.4. The van der Waals surface area contributed by atoms with E-state index >= 15 is 0 Å². The summed E-state index contributed by atoms with van der Waals surface area (Å²) in [5, 5.41) is 0.761. The fraction of sp³-hybridized carbons (Fsp3) is 0.476. The van der Waals surface area contributed by atoms with E-state index < -0.39 is 0 Å². The topological polar surface area (TPSA) is 69.3 Å². The number of aromatic nitrogens is 2. The second-order valence-corrected chi connectivity index (χ2v) is 8.02. The van der Waals surface area contributed by atoms with Crippen LogP contribution in [0.25, 0.3) is 0 Å². The molecule has 1 aromatic heterocycles. The van der Waals surface area contributed by atoms with Crippen LogP contribution in [-0.4, -0.2) is 58.9 Å². The molecule has 2 aromatic rings. The van der Waals surface area contributed by atoms with Gasteiger partial charge in [-0.2, -0.15) is 0 Å². The summed E-state index contributed by atoms with van der Waals surface area (Å²) in [4.78, 5) is 35.4. The number of nitrogens with zero attached hydrogens (tertiary/aromatic N) is 3. The van der Waals surface area contributed by atoms with Crippen molar-refractivity contribution >= 4 is 17.5 Å². The number of aryl methyl sites for hydroxylation is 1. The van der Waals surface area contributed by atoms with E-state index in [1.165, 1.54) is 11.8 Å². The molecule has 1 aromatic carbocycles. The number of benzene rings is 1. The summed E-state index contributed by atoms with van der Waals surface area (Å²) < 4.78 is 0. The summed E-state index contributed by atoms with van der Waals surface area (Å²) in [6, 6.07) is 8.00. The lowest BCUT2D eigenvalue weighted by atomic mass is 9.97. The molecule has 0 radical (unpaired) electrons. The lowest BCUT2D eigenvalue weighted by Gasteiger charge is -2.34. The lowest BCUT2D eigenvalue weighted by molar-refractivity contribution is 0.0728. The highest BCUT2D eigenvalue weighted by Gasteiger charge is 2.24. The molecule has 1 saturated heterocycles. The highest BCUT2D eigenvalue weighted by Crippen LogP contribution is 2.19. The lowest BCUT2D eigenvalue weighted by Crippen LogP contribution is -2.43. The summed E-state index contributed by atoms with van der Waals surface area (Å²) in [5.41, 5.74) is 1.01. The number of halogens is 1. The molecule has 0 spiro atoms. The zero-order valence-corrected chi connectivity index (χ0v) is 17.2. The molecule has 0 bridgehead atoms. The van der Waals surface area contributed by atoms with Gasteiger partial charge in [-0.15, -0.1) is 0 Å². The second kappa shape index (κ2) is 9.34. The van der Waals surface area contributed by atoms with Gasteiger partial charge in [0.2, 0.25) is 0 Å². The van der Waals surface area contributed by atoms with Gasteiger partial charge in [-0.3, -0.25) is 9.59 Å². The van der Waals surface area contributed by atoms with Gasteiger partial charge in [-0.1, -0.05) is 23.7 Å². The van der Waals surface area contributed by atoms with E-state index in [-0.39, 0.29) is 17.0 Å². The summed E-state index contributed by atoms with van der Waals surface area (Å²) in [6.45, 7) is 5.39. The number of amides is 1. The van der Waals surface area contributed by atoms with Crippen LogP contribution in [0.15, 0.2) is 35.3 Å². The van der Waals surface area contributed by atoms with Crippen molar-refractivity contribution in [2.75, 3.05) is 33.2 Å². The van der Waals surface area contributed by atoms with Crippen molar-refractivity contribution in [3.05, 3.63) is 62.8 Å². The summed E-state index contributed by atoms with van der Waals surface area (Å²) in [5.74, 6) is 0.644. The zero-order valence-electron chi connectivity index (χ0n) is 16.4. The van der Waals surface area contributed by atoms with E-state index in [0.717, 1.165) is 43.9 Å². The van der Waals surface area contributed by atoms with E-state index in [4.69, 9.17) is 11.6 Å². The highest BCUT2D eigenvalue weighted by molar-refractivity contribution is 6.30. The van der Waals surface area contributed by atoms with Gasteiger partial charge in [0, 0.05) is 37.9 Å². The molecule has 1 aliphatic heterocycles. The Kier molecular flexibility index (Phi) is 6.86. The van der Waals surface area contributed by atoms with Crippen LogP contribution in [0, 0.1) is 12.8 Å². The molecule has 1 atom stereocenters. The maximum atomic E-state index is 12.6. The molecule has 0 saturated carbocycles. The number of carbonyl (C=O) groups excluding carboxylic acids is 1. The van der Waals surface area contributed by atoms with Crippen LogP contribution in [-0.2, 0) is 6.42 Å². The number of H-pyrrole nitrogens is 1. The Balaban J connectivity index is 1.53. The van der Waals surface area contributed by atoms with Gasteiger partial charge in [0.1, 0.15) is 11.4 Å². The molecular weight excluding hydrogens is 376 g/mol. The monoisotopic (exact) mass is 402 g/mol. The third-order valence-electron chi connectivity index (χ3n) is 5.27. The summed E-state index contributed by atoms with van der Waals surface area (Å²) in [7, 11) is 1.76. The van der Waals surface area contributed by atoms with Crippen LogP contribution in [0.3, 0.4) is 0 Å². The number of hydrogen-bond acceptors (Lipinski definition) is 4. The molecule has 28 heavy (non-hydrogen) atoms. The van der Waals surface area contributed by atoms with Gasteiger partial charge in [0.25, 0.3) is 11.5 Å². The molecule has 6 nitrogen and oxygen atoms in total. The molecule has 1 aliphatic rings. The Morgan fingerprint density at radius 3 is 2.82 bits per heavy atom. The van der Waals surface area contributed by atoms with E-state index in [1.807, 2.05) is 12.1 Å². The first kappa shape index (κ1) is 20.6. The molecular formula is C21H27ClN4O2. The van der Waals surface area contributed by atoms with Crippen LogP contribution in [0.5, 0.6) is 0 Å². The van der Waals surface area contributed by atoms with Crippen molar-refractivity contribution in [1.82, 2.24) is 19.8 Å². The molecule has 1 unspecified atom stereocenters. The Morgan fingerprint density at radius 1 is 1.36 bits per heavy atom. The van der Waals surface area contributed by atoms with Gasteiger partial charge < -0.3 is 14.8 Å². The van der Waals surface area contributed by atoms with Crippen LogP contribution >= 0.6 is 11.6 Å². The Morgan fingerprint density at radius 2 is 2.11 bits per heavy atom. The number of hydrogen-bond donors (Lipinski definition) is 1. The van der Waals surface area contributed by atoms with Crippen molar-refractivity contribution in [2.24, 2.45) is 5.92 Å². The van der Waals surface area contributed by atoms with Crippen LogP contribution in [0.2, 0.25) is 5.02 Å². The fourth-order valence-corrected chi connectivity index (χ4v) is 3.88. The quantitative estimate of drug-likeness (QED) is 0.806. The summed E-state index contributed by atoms with van der Waals surface area (Å²) in [6.07, 6.45) is 4.58. The largest absolute Gasteiger partial charge is 0.341 e. The standard InChI is InChI=1S/C21H27ClN4O2/c1-15-23-12-19(20(27)24-15)21(28)25(2)13-17-4-3-10-26(14-17)11-9-16-5-7-18(22)8-6-16/h5-8,12,17H,3-4,9-11,13-14H2,1-2H3,(H,23,24,27). The Labute approximate surface area is 170 Å². The van der Waals surface area contributed by atoms with Crippen molar-refractivity contribution < 1.29 is 4.79 Å². The number of rotatable bonds is 6. The summed E-state index contributed by atoms with van der Waals surface area (Å²) >= 11 is 5.95. The number of nitrogens with one attached hydrogen (secondary N) is 1. The van der Waals surface area contributed by atoms with Gasteiger partial charge >= 0.3 is 0 Å². The average molecular weight is 403 g/mol. The maximum absolute atomic E-state index is 12.6. The third-order valence-corrected chi connectivity index (χ3v) is 5.52. The van der Waals surface area contributed by atoms with Crippen LogP contribution in [0.1, 0.15) is 34.6 Å². The van der Waals surface area contributed by atoms with E-state index in [0.29, 0.717) is 18.3 Å². The molecule has 1 N–H and O–H groups in total. The van der Waals surface area contributed by atoms with E-state index in [2.05, 4.69) is 27.0 Å². The van der Waals surface area contributed by atoms with Crippen molar-refractivity contribution in [2.45, 2.75) is 26.2 Å². The van der Waals surface area contributed by atoms with Gasteiger partial charge in [-0.05, 0) is 56.3 Å². The smallest absolute Gasteiger partial charge is 0.263 e. The predicted molar refractivity (Wildman–Crippen MR) is 111 cm³/mol. The minimum atomic E-state index is -0.377. The van der Waals surface area contributed by atoms with E-state index in [1.54, 1.807) is 18.9 Å². The molecule has 0 aliphatic carbocycles. The first-order valence-corrected chi connectivity index (χ1v) is 10.1. The van der Waals surface area contributed by atoms with Crippen molar-refractivity contribution in [3.8, 4) is 0 Å². The highest BCUT2D eigenvalue weighted by atomic mass is 35.5. The van der Waals surface area contributed by atoms with Gasteiger partial charge in [-0.25, -0.2) is 4.98 Å². The Hall–Kier alpha value is -2.18. The van der Waals surface area contributed by atoms with Crippen LogP contribution in [0.4, 0.5) is 0 Å². The molecule has 2 heterocycles. The molecule has 7 heteroatoms. The fourth-order valence-electron chi connectivity index (χ4n) is 3.75. The van der Waals surface area contributed by atoms with Crippen molar-refractivity contribution in [1.29, 1.82) is 0 Å².